The van der Waals surface area contributed by atoms with Crippen molar-refractivity contribution >= 4 is 15.7 Å². The fourth-order valence-electron chi connectivity index (χ4n) is 2.69. The molecule has 0 aliphatic carbocycles. The zero-order valence-corrected chi connectivity index (χ0v) is 16.2. The Morgan fingerprint density at radius 1 is 1.15 bits per heavy atom. The molecule has 0 heterocycles. The molecule has 2 aromatic carbocycles. The number of anilines is 1. The largest absolute Gasteiger partial charge is 0.496 e. The van der Waals surface area contributed by atoms with E-state index in [1.807, 2.05) is 18.2 Å². The van der Waals surface area contributed by atoms with Crippen LogP contribution in [-0.2, 0) is 16.4 Å². The molecule has 0 radical (unpaired) electrons. The summed E-state index contributed by atoms with van der Waals surface area (Å²) in [6, 6.07) is 12.6. The second kappa shape index (κ2) is 8.91. The van der Waals surface area contributed by atoms with Gasteiger partial charge in [0.2, 0.25) is 10.0 Å². The lowest BCUT2D eigenvalue weighted by atomic mass is 10.0. The van der Waals surface area contributed by atoms with Gasteiger partial charge in [-0.25, -0.2) is 8.42 Å². The Labute approximate surface area is 155 Å². The Morgan fingerprint density at radius 3 is 2.42 bits per heavy atom. The first-order chi connectivity index (χ1) is 12.3. The smallest absolute Gasteiger partial charge is 0.229 e. The number of nitrogens with two attached hydrogens (primary N) is 1. The van der Waals surface area contributed by atoms with Gasteiger partial charge in [0.15, 0.2) is 5.75 Å². The molecule has 0 bridgehead atoms. The Bertz CT molecular complexity index is 823. The van der Waals surface area contributed by atoms with Crippen LogP contribution >= 0.6 is 0 Å². The van der Waals surface area contributed by atoms with E-state index >= 15 is 0 Å². The zero-order valence-electron chi connectivity index (χ0n) is 15.4. The molecule has 1 atom stereocenters. The summed E-state index contributed by atoms with van der Waals surface area (Å²) in [6.07, 6.45) is 3.59. The van der Waals surface area contributed by atoms with Crippen LogP contribution in [0, 0.1) is 0 Å². The summed E-state index contributed by atoms with van der Waals surface area (Å²) >= 11 is 0. The van der Waals surface area contributed by atoms with Gasteiger partial charge >= 0.3 is 0 Å². The van der Waals surface area contributed by atoms with Crippen molar-refractivity contribution in [3.05, 3.63) is 48.0 Å². The molecule has 0 saturated heterocycles. The van der Waals surface area contributed by atoms with Gasteiger partial charge in [0.25, 0.3) is 0 Å². The van der Waals surface area contributed by atoms with Gasteiger partial charge in [-0.2, -0.15) is 0 Å². The molecule has 0 aliphatic heterocycles. The molecule has 3 N–H and O–H groups in total. The SMILES string of the molecule is CCCC(N)Cc1cc(Oc2ccccc2)c(NS(C)(=O)=O)cc1OC. The quantitative estimate of drug-likeness (QED) is 0.697. The Hall–Kier alpha value is -2.25. The Morgan fingerprint density at radius 2 is 1.85 bits per heavy atom. The van der Waals surface area contributed by atoms with Crippen molar-refractivity contribution in [1.29, 1.82) is 0 Å². The molecule has 142 valence electrons. The fraction of sp³-hybridized carbons (Fsp3) is 0.368. The number of para-hydroxylation sites is 1. The number of hydrogen-bond donors (Lipinski definition) is 2. The van der Waals surface area contributed by atoms with Crippen LogP contribution in [0.15, 0.2) is 42.5 Å². The lowest BCUT2D eigenvalue weighted by molar-refractivity contribution is 0.405. The maximum Gasteiger partial charge on any atom is 0.229 e. The summed E-state index contributed by atoms with van der Waals surface area (Å²) < 4.78 is 37.3. The molecule has 2 rings (SSSR count). The maximum absolute atomic E-state index is 11.7. The van der Waals surface area contributed by atoms with Gasteiger partial charge in [-0.15, -0.1) is 0 Å². The van der Waals surface area contributed by atoms with Gasteiger partial charge in [-0.05, 0) is 36.6 Å². The molecule has 0 aliphatic rings. The van der Waals surface area contributed by atoms with Gasteiger partial charge in [0.05, 0.1) is 19.1 Å². The third-order valence-electron chi connectivity index (χ3n) is 3.79. The van der Waals surface area contributed by atoms with Gasteiger partial charge in [0.1, 0.15) is 11.5 Å². The molecule has 1 unspecified atom stereocenters. The molecular weight excluding hydrogens is 352 g/mol. The van der Waals surface area contributed by atoms with Crippen LogP contribution in [0.25, 0.3) is 0 Å². The van der Waals surface area contributed by atoms with Crippen molar-refractivity contribution in [3.63, 3.8) is 0 Å². The van der Waals surface area contributed by atoms with Crippen molar-refractivity contribution < 1.29 is 17.9 Å². The molecule has 0 amide bonds. The lowest BCUT2D eigenvalue weighted by Gasteiger charge is -2.18. The van der Waals surface area contributed by atoms with Gasteiger partial charge < -0.3 is 15.2 Å². The highest BCUT2D eigenvalue weighted by Gasteiger charge is 2.17. The fourth-order valence-corrected chi connectivity index (χ4v) is 3.25. The summed E-state index contributed by atoms with van der Waals surface area (Å²) in [6.45, 7) is 2.08. The topological polar surface area (TPSA) is 90.6 Å². The highest BCUT2D eigenvalue weighted by Crippen LogP contribution is 2.37. The minimum absolute atomic E-state index is 0.00723. The lowest BCUT2D eigenvalue weighted by Crippen LogP contribution is -2.22. The summed E-state index contributed by atoms with van der Waals surface area (Å²) in [5.41, 5.74) is 7.37. The van der Waals surface area contributed by atoms with E-state index in [4.69, 9.17) is 15.2 Å². The summed E-state index contributed by atoms with van der Waals surface area (Å²) in [5, 5.41) is 0. The first-order valence-corrected chi connectivity index (χ1v) is 10.4. The molecular formula is C19H26N2O4S. The van der Waals surface area contributed by atoms with Crippen molar-refractivity contribution in [2.75, 3.05) is 18.1 Å². The number of nitrogens with one attached hydrogen (secondary N) is 1. The predicted octanol–water partition coefficient (Wildman–Crippen LogP) is 3.53. The monoisotopic (exact) mass is 378 g/mol. The average Bonchev–Trinajstić information content (AvgIpc) is 2.57. The van der Waals surface area contributed by atoms with E-state index in [-0.39, 0.29) is 6.04 Å². The van der Waals surface area contributed by atoms with Crippen molar-refractivity contribution in [2.45, 2.75) is 32.2 Å². The molecule has 0 aromatic heterocycles. The number of hydrogen-bond acceptors (Lipinski definition) is 5. The van der Waals surface area contributed by atoms with Gasteiger partial charge in [-0.3, -0.25) is 4.72 Å². The molecule has 0 fully saturated rings. The number of rotatable bonds is 9. The van der Waals surface area contributed by atoms with Gasteiger partial charge in [-0.1, -0.05) is 31.5 Å². The van der Waals surface area contributed by atoms with E-state index in [0.29, 0.717) is 29.4 Å². The van der Waals surface area contributed by atoms with Crippen LogP contribution in [0.3, 0.4) is 0 Å². The Kier molecular flexibility index (Phi) is 6.88. The molecule has 0 saturated carbocycles. The van der Waals surface area contributed by atoms with Crippen LogP contribution in [0.2, 0.25) is 0 Å². The number of benzene rings is 2. The van der Waals surface area contributed by atoms with Crippen LogP contribution in [0.1, 0.15) is 25.3 Å². The van der Waals surface area contributed by atoms with Gasteiger partial charge in [0, 0.05) is 12.1 Å². The molecule has 6 nitrogen and oxygen atoms in total. The van der Waals surface area contributed by atoms with E-state index in [1.54, 1.807) is 31.4 Å². The van der Waals surface area contributed by atoms with E-state index in [1.165, 1.54) is 0 Å². The molecule has 2 aromatic rings. The summed E-state index contributed by atoms with van der Waals surface area (Å²) in [5.74, 6) is 1.59. The normalized spacial score (nSPS) is 12.5. The average molecular weight is 378 g/mol. The number of ether oxygens (including phenoxy) is 2. The third-order valence-corrected chi connectivity index (χ3v) is 4.38. The van der Waals surface area contributed by atoms with E-state index in [9.17, 15) is 8.42 Å². The minimum Gasteiger partial charge on any atom is -0.496 e. The first kappa shape index (κ1) is 20.1. The van der Waals surface area contributed by atoms with E-state index in [0.717, 1.165) is 24.7 Å². The third kappa shape index (κ3) is 5.93. The summed E-state index contributed by atoms with van der Waals surface area (Å²) in [4.78, 5) is 0. The van der Waals surface area contributed by atoms with E-state index in [2.05, 4.69) is 11.6 Å². The zero-order chi connectivity index (χ0) is 19.2. The molecule has 0 spiro atoms. The highest BCUT2D eigenvalue weighted by atomic mass is 32.2. The maximum atomic E-state index is 11.7. The van der Waals surface area contributed by atoms with Crippen LogP contribution in [0.4, 0.5) is 5.69 Å². The summed E-state index contributed by atoms with van der Waals surface area (Å²) in [7, 11) is -1.92. The predicted molar refractivity (Wildman–Crippen MR) is 105 cm³/mol. The van der Waals surface area contributed by atoms with Crippen molar-refractivity contribution in [3.8, 4) is 17.2 Å². The molecule has 26 heavy (non-hydrogen) atoms. The molecule has 7 heteroatoms. The number of sulfonamides is 1. The van der Waals surface area contributed by atoms with Crippen LogP contribution in [-0.4, -0.2) is 27.8 Å². The first-order valence-electron chi connectivity index (χ1n) is 8.49. The van der Waals surface area contributed by atoms with Crippen LogP contribution in [0.5, 0.6) is 17.2 Å². The standard InChI is InChI=1S/C19H26N2O4S/c1-4-8-15(20)11-14-12-19(25-16-9-6-5-7-10-16)17(13-18(14)24-2)21-26(3,22)23/h5-7,9-10,12-13,15,21H,4,8,11,20H2,1-3H3. The highest BCUT2D eigenvalue weighted by molar-refractivity contribution is 7.92. The van der Waals surface area contributed by atoms with Crippen molar-refractivity contribution in [2.24, 2.45) is 5.73 Å². The second-order valence-corrected chi connectivity index (χ2v) is 7.95. The van der Waals surface area contributed by atoms with E-state index < -0.39 is 10.0 Å². The second-order valence-electron chi connectivity index (χ2n) is 6.20. The minimum atomic E-state index is -3.47. The van der Waals surface area contributed by atoms with Crippen molar-refractivity contribution in [1.82, 2.24) is 0 Å². The Balaban J connectivity index is 2.45. The number of methoxy groups -OCH3 is 1. The van der Waals surface area contributed by atoms with Crippen LogP contribution < -0.4 is 19.9 Å².